The Morgan fingerprint density at radius 3 is 2.61 bits per heavy atom. The summed E-state index contributed by atoms with van der Waals surface area (Å²) in [6.07, 6.45) is 2.04. The minimum Gasteiger partial charge on any atom is -0.497 e. The molecule has 1 N–H and O–H groups in total. The zero-order chi connectivity index (χ0) is 21.8. The van der Waals surface area contributed by atoms with Crippen molar-refractivity contribution in [3.05, 3.63) is 65.0 Å². The van der Waals surface area contributed by atoms with Gasteiger partial charge in [-0.15, -0.1) is 11.3 Å². The summed E-state index contributed by atoms with van der Waals surface area (Å²) >= 11 is 1.32. The first-order chi connectivity index (χ1) is 15.1. The summed E-state index contributed by atoms with van der Waals surface area (Å²) in [6.45, 7) is 1.06. The van der Waals surface area contributed by atoms with Crippen LogP contribution in [0.15, 0.2) is 53.9 Å². The fourth-order valence-electron chi connectivity index (χ4n) is 3.85. The van der Waals surface area contributed by atoms with Crippen LogP contribution < -0.4 is 15.0 Å². The minimum absolute atomic E-state index is 0.162. The molecule has 0 spiro atoms. The Bertz CT molecular complexity index is 1090. The number of carbonyl (C=O) groups excluding carboxylic acids is 2. The van der Waals surface area contributed by atoms with Gasteiger partial charge in [0.1, 0.15) is 16.3 Å². The molecule has 0 unspecified atom stereocenters. The summed E-state index contributed by atoms with van der Waals surface area (Å²) < 4.78 is 10.2. The van der Waals surface area contributed by atoms with Crippen LogP contribution in [0, 0.1) is 0 Å². The highest BCUT2D eigenvalue weighted by atomic mass is 32.1. The van der Waals surface area contributed by atoms with E-state index in [1.807, 2.05) is 41.8 Å². The molecule has 3 aromatic rings. The first-order valence-corrected chi connectivity index (χ1v) is 11.0. The number of carbonyl (C=O) groups is 2. The molecule has 2 heterocycles. The van der Waals surface area contributed by atoms with E-state index >= 15 is 0 Å². The molecular formula is C24H24N2O4S. The maximum Gasteiger partial charge on any atom is 0.341 e. The second-order valence-electron chi connectivity index (χ2n) is 7.28. The summed E-state index contributed by atoms with van der Waals surface area (Å²) in [7, 11) is 2.95. The molecule has 1 aromatic heterocycles. The van der Waals surface area contributed by atoms with Gasteiger partial charge in [-0.2, -0.15) is 0 Å². The van der Waals surface area contributed by atoms with Gasteiger partial charge in [0.05, 0.1) is 20.8 Å². The van der Waals surface area contributed by atoms with Gasteiger partial charge in [-0.3, -0.25) is 4.79 Å². The Kier molecular flexibility index (Phi) is 6.23. The third-order valence-corrected chi connectivity index (χ3v) is 6.27. The van der Waals surface area contributed by atoms with Gasteiger partial charge in [0.2, 0.25) is 5.91 Å². The summed E-state index contributed by atoms with van der Waals surface area (Å²) in [6, 6.07) is 15.6. The van der Waals surface area contributed by atoms with Crippen LogP contribution in [0.1, 0.15) is 22.3 Å². The number of benzene rings is 2. The van der Waals surface area contributed by atoms with Crippen LogP contribution >= 0.6 is 11.3 Å². The molecule has 0 radical (unpaired) electrons. The van der Waals surface area contributed by atoms with Crippen LogP contribution in [-0.4, -0.2) is 39.2 Å². The predicted molar refractivity (Wildman–Crippen MR) is 123 cm³/mol. The Balaban J connectivity index is 1.56. The van der Waals surface area contributed by atoms with E-state index in [0.29, 0.717) is 10.6 Å². The van der Waals surface area contributed by atoms with Crippen molar-refractivity contribution in [2.24, 2.45) is 0 Å². The molecule has 31 heavy (non-hydrogen) atoms. The Morgan fingerprint density at radius 2 is 1.87 bits per heavy atom. The van der Waals surface area contributed by atoms with Crippen molar-refractivity contribution in [1.82, 2.24) is 0 Å². The van der Waals surface area contributed by atoms with Crippen molar-refractivity contribution in [3.63, 3.8) is 0 Å². The molecule has 2 aromatic carbocycles. The van der Waals surface area contributed by atoms with Gasteiger partial charge in [-0.25, -0.2) is 4.79 Å². The first kappa shape index (κ1) is 20.9. The summed E-state index contributed by atoms with van der Waals surface area (Å²) in [4.78, 5) is 27.5. The lowest BCUT2D eigenvalue weighted by Crippen LogP contribution is -2.36. The number of para-hydroxylation sites is 1. The van der Waals surface area contributed by atoms with Crippen LogP contribution in [-0.2, 0) is 16.0 Å². The van der Waals surface area contributed by atoms with Gasteiger partial charge in [-0.1, -0.05) is 30.3 Å². The summed E-state index contributed by atoms with van der Waals surface area (Å²) in [5.41, 5.74) is 4.29. The fourth-order valence-corrected chi connectivity index (χ4v) is 4.83. The smallest absolute Gasteiger partial charge is 0.341 e. The number of ether oxygens (including phenoxy) is 2. The number of esters is 1. The van der Waals surface area contributed by atoms with Crippen molar-refractivity contribution in [2.75, 3.05) is 37.5 Å². The number of aryl methyl sites for hydroxylation is 1. The standard InChI is InChI=1S/C24H24N2O4S/c1-29-18-11-9-16(10-12-18)19-15-31-23(22(19)24(28)30-2)25-21(27)14-26-13-5-7-17-6-3-4-8-20(17)26/h3-4,6,8-12,15H,5,7,13-14H2,1-2H3,(H,25,27). The fraction of sp³-hybridized carbons (Fsp3) is 0.250. The number of nitrogens with zero attached hydrogens (tertiary/aromatic N) is 1. The number of thiophene rings is 1. The van der Waals surface area contributed by atoms with Gasteiger partial charge < -0.3 is 19.7 Å². The molecule has 4 rings (SSSR count). The monoisotopic (exact) mass is 436 g/mol. The minimum atomic E-state index is -0.481. The maximum atomic E-state index is 12.9. The highest BCUT2D eigenvalue weighted by Crippen LogP contribution is 2.37. The normalized spacial score (nSPS) is 12.8. The third kappa shape index (κ3) is 4.41. The zero-order valence-corrected chi connectivity index (χ0v) is 18.3. The maximum absolute atomic E-state index is 12.9. The molecule has 0 saturated carbocycles. The Morgan fingerprint density at radius 1 is 1.10 bits per heavy atom. The number of hydrogen-bond donors (Lipinski definition) is 1. The van der Waals surface area contributed by atoms with E-state index in [0.717, 1.165) is 42.0 Å². The number of anilines is 2. The summed E-state index contributed by atoms with van der Waals surface area (Å²) in [5.74, 6) is 0.0876. The van der Waals surface area contributed by atoms with E-state index in [9.17, 15) is 9.59 Å². The highest BCUT2D eigenvalue weighted by molar-refractivity contribution is 7.15. The van der Waals surface area contributed by atoms with Gasteiger partial charge >= 0.3 is 5.97 Å². The van der Waals surface area contributed by atoms with Crippen LogP contribution in [0.25, 0.3) is 11.1 Å². The second kappa shape index (κ2) is 9.22. The molecule has 0 saturated heterocycles. The molecule has 0 bridgehead atoms. The molecule has 7 heteroatoms. The zero-order valence-electron chi connectivity index (χ0n) is 17.5. The predicted octanol–water partition coefficient (Wildman–Crippen LogP) is 4.60. The molecule has 1 aliphatic rings. The molecule has 160 valence electrons. The van der Waals surface area contributed by atoms with Crippen LogP contribution in [0.4, 0.5) is 10.7 Å². The van der Waals surface area contributed by atoms with E-state index in [-0.39, 0.29) is 12.5 Å². The van der Waals surface area contributed by atoms with Crippen molar-refractivity contribution in [2.45, 2.75) is 12.8 Å². The molecule has 6 nitrogen and oxygen atoms in total. The molecule has 1 aliphatic heterocycles. The first-order valence-electron chi connectivity index (χ1n) is 10.1. The highest BCUT2D eigenvalue weighted by Gasteiger charge is 2.24. The van der Waals surface area contributed by atoms with Gasteiger partial charge in [0, 0.05) is 23.2 Å². The molecule has 0 aliphatic carbocycles. The van der Waals surface area contributed by atoms with Crippen molar-refractivity contribution in [3.8, 4) is 16.9 Å². The van der Waals surface area contributed by atoms with Crippen molar-refractivity contribution in [1.29, 1.82) is 0 Å². The Hall–Kier alpha value is -3.32. The van der Waals surface area contributed by atoms with Crippen molar-refractivity contribution >= 4 is 33.9 Å². The van der Waals surface area contributed by atoms with Gasteiger partial charge in [-0.05, 0) is 42.2 Å². The topological polar surface area (TPSA) is 67.9 Å². The molecule has 1 amide bonds. The largest absolute Gasteiger partial charge is 0.497 e. The van der Waals surface area contributed by atoms with E-state index in [1.165, 1.54) is 24.0 Å². The lowest BCUT2D eigenvalue weighted by Gasteiger charge is -2.30. The summed E-state index contributed by atoms with van der Waals surface area (Å²) in [5, 5.41) is 5.28. The van der Waals surface area contributed by atoms with E-state index < -0.39 is 5.97 Å². The van der Waals surface area contributed by atoms with Crippen molar-refractivity contribution < 1.29 is 19.1 Å². The van der Waals surface area contributed by atoms with Crippen LogP contribution in [0.2, 0.25) is 0 Å². The van der Waals surface area contributed by atoms with E-state index in [4.69, 9.17) is 9.47 Å². The van der Waals surface area contributed by atoms with Gasteiger partial charge in [0.15, 0.2) is 0 Å². The molecular weight excluding hydrogens is 412 g/mol. The van der Waals surface area contributed by atoms with Gasteiger partial charge in [0.25, 0.3) is 0 Å². The van der Waals surface area contributed by atoms with E-state index in [1.54, 1.807) is 7.11 Å². The Labute approximate surface area is 185 Å². The van der Waals surface area contributed by atoms with E-state index in [2.05, 4.69) is 22.3 Å². The average Bonchev–Trinajstić information content (AvgIpc) is 3.22. The SMILES string of the molecule is COC(=O)c1c(-c2ccc(OC)cc2)csc1NC(=O)CN1CCCc2ccccc21. The number of methoxy groups -OCH3 is 2. The number of amides is 1. The average molecular weight is 437 g/mol. The lowest BCUT2D eigenvalue weighted by atomic mass is 10.0. The lowest BCUT2D eigenvalue weighted by molar-refractivity contribution is -0.115. The number of hydrogen-bond acceptors (Lipinski definition) is 6. The van der Waals surface area contributed by atoms with Crippen LogP contribution in [0.3, 0.4) is 0 Å². The number of rotatable bonds is 6. The second-order valence-corrected chi connectivity index (χ2v) is 8.16. The number of fused-ring (bicyclic) bond motifs is 1. The molecule has 0 fully saturated rings. The van der Waals surface area contributed by atoms with Crippen LogP contribution in [0.5, 0.6) is 5.75 Å². The quantitative estimate of drug-likeness (QED) is 0.572. The number of nitrogens with one attached hydrogen (secondary N) is 1. The molecule has 0 atom stereocenters. The third-order valence-electron chi connectivity index (χ3n) is 5.38.